The molecule has 0 aliphatic carbocycles. The molecule has 1 heterocycles. The maximum absolute atomic E-state index is 12.9. The van der Waals surface area contributed by atoms with Crippen molar-refractivity contribution in [3.8, 4) is 5.75 Å². The van der Waals surface area contributed by atoms with Gasteiger partial charge in [0, 0.05) is 16.8 Å². The van der Waals surface area contributed by atoms with E-state index in [-0.39, 0.29) is 5.91 Å². The van der Waals surface area contributed by atoms with Gasteiger partial charge in [0.05, 0.1) is 11.0 Å². The lowest BCUT2D eigenvalue weighted by molar-refractivity contribution is 0.102. The number of aryl methyl sites for hydroxylation is 2. The Morgan fingerprint density at radius 2 is 1.85 bits per heavy atom. The van der Waals surface area contributed by atoms with Crippen LogP contribution < -0.4 is 10.1 Å². The van der Waals surface area contributed by atoms with Gasteiger partial charge in [-0.1, -0.05) is 53.6 Å². The molecule has 0 unspecified atom stereocenters. The Balaban J connectivity index is 1.41. The molecule has 33 heavy (non-hydrogen) atoms. The summed E-state index contributed by atoms with van der Waals surface area (Å²) in [5.41, 5.74) is 4.73. The summed E-state index contributed by atoms with van der Waals surface area (Å²) in [6, 6.07) is 21.1. The summed E-state index contributed by atoms with van der Waals surface area (Å²) in [5.74, 6) is 1.00. The summed E-state index contributed by atoms with van der Waals surface area (Å²) in [6.45, 7) is 4.97. The minimum atomic E-state index is -0.235. The van der Waals surface area contributed by atoms with Gasteiger partial charge in [-0.15, -0.1) is 0 Å². The lowest BCUT2D eigenvalue weighted by Crippen LogP contribution is -2.13. The molecule has 1 amide bonds. The topological polar surface area (TPSA) is 56.2 Å². The van der Waals surface area contributed by atoms with Gasteiger partial charge in [-0.3, -0.25) is 9.48 Å². The number of nitrogens with zero attached hydrogens (tertiary/aromatic N) is 2. The number of anilines is 1. The second-order valence-corrected chi connectivity index (χ2v) is 9.15. The van der Waals surface area contributed by atoms with Crippen LogP contribution in [0.2, 0.25) is 5.02 Å². The van der Waals surface area contributed by atoms with Crippen molar-refractivity contribution in [3.05, 3.63) is 110 Å². The van der Waals surface area contributed by atoms with Gasteiger partial charge in [-0.05, 0) is 76.8 Å². The van der Waals surface area contributed by atoms with E-state index in [1.807, 2.05) is 43.5 Å². The quantitative estimate of drug-likeness (QED) is 0.289. The molecule has 0 spiro atoms. The number of benzene rings is 3. The van der Waals surface area contributed by atoms with Crippen molar-refractivity contribution in [1.29, 1.82) is 0 Å². The van der Waals surface area contributed by atoms with E-state index < -0.39 is 0 Å². The Hall–Kier alpha value is -3.09. The molecule has 1 N–H and O–H groups in total. The van der Waals surface area contributed by atoms with E-state index in [1.165, 1.54) is 5.56 Å². The van der Waals surface area contributed by atoms with E-state index in [2.05, 4.69) is 57.5 Å². The molecule has 0 aliphatic rings. The third-order valence-corrected chi connectivity index (χ3v) is 5.95. The Morgan fingerprint density at radius 3 is 2.61 bits per heavy atom. The number of amides is 1. The van der Waals surface area contributed by atoms with Gasteiger partial charge in [0.25, 0.3) is 5.91 Å². The minimum Gasteiger partial charge on any atom is -0.489 e. The molecule has 4 aromatic rings. The molecule has 0 saturated carbocycles. The van der Waals surface area contributed by atoms with Gasteiger partial charge >= 0.3 is 0 Å². The number of aromatic nitrogens is 2. The number of nitrogens with one attached hydrogen (secondary N) is 1. The molecule has 0 saturated heterocycles. The highest BCUT2D eigenvalue weighted by Crippen LogP contribution is 2.24. The van der Waals surface area contributed by atoms with E-state index in [0.29, 0.717) is 29.6 Å². The summed E-state index contributed by atoms with van der Waals surface area (Å²) in [4.78, 5) is 12.9. The molecule has 168 valence electrons. The Morgan fingerprint density at radius 1 is 1.06 bits per heavy atom. The minimum absolute atomic E-state index is 0.235. The first-order chi connectivity index (χ1) is 15.9. The molecular formula is C26H23BrClN3O2. The van der Waals surface area contributed by atoms with Crippen molar-refractivity contribution in [2.24, 2.45) is 0 Å². The van der Waals surface area contributed by atoms with E-state index in [4.69, 9.17) is 16.3 Å². The van der Waals surface area contributed by atoms with Crippen LogP contribution in [0.4, 0.5) is 5.82 Å². The molecule has 5 nitrogen and oxygen atoms in total. The molecule has 1 aromatic heterocycles. The first-order valence-corrected chi connectivity index (χ1v) is 11.6. The monoisotopic (exact) mass is 523 g/mol. The predicted octanol–water partition coefficient (Wildman–Crippen LogP) is 6.80. The number of hydrogen-bond acceptors (Lipinski definition) is 3. The highest BCUT2D eigenvalue weighted by atomic mass is 79.9. The van der Waals surface area contributed by atoms with Crippen LogP contribution >= 0.6 is 27.5 Å². The normalized spacial score (nSPS) is 10.8. The van der Waals surface area contributed by atoms with Crippen LogP contribution in [0.25, 0.3) is 0 Å². The maximum atomic E-state index is 12.9. The zero-order valence-electron chi connectivity index (χ0n) is 18.3. The number of carbonyl (C=O) groups is 1. The second kappa shape index (κ2) is 10.2. The number of halogens is 2. The third-order valence-electron chi connectivity index (χ3n) is 5.13. The number of hydrogen-bond donors (Lipinski definition) is 1. The Kier molecular flexibility index (Phi) is 7.16. The first kappa shape index (κ1) is 23.1. The highest BCUT2D eigenvalue weighted by molar-refractivity contribution is 9.10. The van der Waals surface area contributed by atoms with Crippen LogP contribution in [-0.4, -0.2) is 15.7 Å². The summed E-state index contributed by atoms with van der Waals surface area (Å²) in [7, 11) is 0. The number of rotatable bonds is 7. The van der Waals surface area contributed by atoms with Gasteiger partial charge in [0.15, 0.2) is 5.82 Å². The zero-order valence-corrected chi connectivity index (χ0v) is 20.7. The van der Waals surface area contributed by atoms with E-state index >= 15 is 0 Å². The van der Waals surface area contributed by atoms with Crippen LogP contribution in [-0.2, 0) is 13.2 Å². The van der Waals surface area contributed by atoms with Crippen molar-refractivity contribution in [3.63, 3.8) is 0 Å². The van der Waals surface area contributed by atoms with E-state index in [0.717, 1.165) is 26.9 Å². The summed E-state index contributed by atoms with van der Waals surface area (Å²) >= 11 is 9.50. The summed E-state index contributed by atoms with van der Waals surface area (Å²) < 4.78 is 8.42. The fraction of sp³-hybridized carbons (Fsp3) is 0.154. The van der Waals surface area contributed by atoms with Gasteiger partial charge in [-0.25, -0.2) is 0 Å². The van der Waals surface area contributed by atoms with Gasteiger partial charge < -0.3 is 10.1 Å². The van der Waals surface area contributed by atoms with Gasteiger partial charge in [-0.2, -0.15) is 5.10 Å². The lowest BCUT2D eigenvalue weighted by Gasteiger charge is -2.10. The summed E-state index contributed by atoms with van der Waals surface area (Å²) in [6.07, 6.45) is 1.86. The average molecular weight is 525 g/mol. The van der Waals surface area contributed by atoms with Crippen LogP contribution in [0.5, 0.6) is 5.75 Å². The maximum Gasteiger partial charge on any atom is 0.256 e. The van der Waals surface area contributed by atoms with Gasteiger partial charge in [0.1, 0.15) is 12.4 Å². The Labute approximate surface area is 206 Å². The van der Waals surface area contributed by atoms with Crippen LogP contribution in [0, 0.1) is 13.8 Å². The standard InChI is InChI=1S/C26H23BrClN3O2/c1-17-6-8-19(9-7-17)14-31-15-23(27)25(30-31)29-26(32)21-5-3-4-20(13-21)16-33-24-11-10-22(28)12-18(24)2/h3-13,15H,14,16H2,1-2H3,(H,29,30,32). The van der Waals surface area contributed by atoms with Crippen LogP contribution in [0.3, 0.4) is 0 Å². The smallest absolute Gasteiger partial charge is 0.256 e. The largest absolute Gasteiger partial charge is 0.489 e. The average Bonchev–Trinajstić information content (AvgIpc) is 3.13. The van der Waals surface area contributed by atoms with E-state index in [9.17, 15) is 4.79 Å². The summed E-state index contributed by atoms with van der Waals surface area (Å²) in [5, 5.41) is 8.07. The Bertz CT molecular complexity index is 1290. The van der Waals surface area contributed by atoms with E-state index in [1.54, 1.807) is 16.8 Å². The number of carbonyl (C=O) groups excluding carboxylic acids is 1. The molecule has 0 atom stereocenters. The highest BCUT2D eigenvalue weighted by Gasteiger charge is 2.13. The van der Waals surface area contributed by atoms with Gasteiger partial charge in [0.2, 0.25) is 0 Å². The molecule has 3 aromatic carbocycles. The molecule has 4 rings (SSSR count). The van der Waals surface area contributed by atoms with Crippen molar-refractivity contribution >= 4 is 39.3 Å². The molecule has 7 heteroatoms. The third kappa shape index (κ3) is 6.03. The number of ether oxygens (including phenoxy) is 1. The molecule has 0 radical (unpaired) electrons. The molecule has 0 aliphatic heterocycles. The zero-order chi connectivity index (χ0) is 23.4. The van der Waals surface area contributed by atoms with Crippen molar-refractivity contribution in [1.82, 2.24) is 9.78 Å². The van der Waals surface area contributed by atoms with Crippen LogP contribution in [0.15, 0.2) is 77.4 Å². The van der Waals surface area contributed by atoms with Crippen molar-refractivity contribution in [2.45, 2.75) is 27.0 Å². The fourth-order valence-corrected chi connectivity index (χ4v) is 4.00. The molecular weight excluding hydrogens is 502 g/mol. The van der Waals surface area contributed by atoms with Crippen LogP contribution in [0.1, 0.15) is 32.6 Å². The fourth-order valence-electron chi connectivity index (χ4n) is 3.36. The lowest BCUT2D eigenvalue weighted by atomic mass is 10.1. The first-order valence-electron chi connectivity index (χ1n) is 10.4. The van der Waals surface area contributed by atoms with Crippen molar-refractivity contribution in [2.75, 3.05) is 5.32 Å². The second-order valence-electron chi connectivity index (χ2n) is 7.86. The molecule has 0 fully saturated rings. The molecule has 0 bridgehead atoms. The predicted molar refractivity (Wildman–Crippen MR) is 135 cm³/mol. The van der Waals surface area contributed by atoms with Crippen molar-refractivity contribution < 1.29 is 9.53 Å². The SMILES string of the molecule is Cc1ccc(Cn2cc(Br)c(NC(=O)c3cccc(COc4ccc(Cl)cc4C)c3)n2)cc1.